The molecule has 0 bridgehead atoms. The predicted molar refractivity (Wildman–Crippen MR) is 82.7 cm³/mol. The molecule has 0 saturated carbocycles. The maximum atomic E-state index is 11.9. The van der Waals surface area contributed by atoms with Crippen molar-refractivity contribution in [3.8, 4) is 0 Å². The molecule has 0 atom stereocenters. The van der Waals surface area contributed by atoms with Gasteiger partial charge in [0, 0.05) is 29.4 Å². The average molecular weight is 305 g/mol. The summed E-state index contributed by atoms with van der Waals surface area (Å²) < 4.78 is 1.42. The van der Waals surface area contributed by atoms with Crippen molar-refractivity contribution in [2.24, 2.45) is 0 Å². The van der Waals surface area contributed by atoms with Gasteiger partial charge in [-0.2, -0.15) is 0 Å². The van der Waals surface area contributed by atoms with Crippen LogP contribution in [0.4, 0.5) is 11.4 Å². The van der Waals surface area contributed by atoms with Gasteiger partial charge in [-0.25, -0.2) is 0 Å². The summed E-state index contributed by atoms with van der Waals surface area (Å²) in [5.74, 6) is -0.426. The quantitative estimate of drug-likeness (QED) is 0.904. The van der Waals surface area contributed by atoms with Crippen LogP contribution in [0, 0.1) is 6.92 Å². The van der Waals surface area contributed by atoms with E-state index in [-0.39, 0.29) is 23.2 Å². The van der Waals surface area contributed by atoms with Gasteiger partial charge in [0.05, 0.1) is 0 Å². The molecule has 0 saturated heterocycles. The Morgan fingerprint density at radius 1 is 1.14 bits per heavy atom. The third kappa shape index (κ3) is 4.03. The molecule has 0 spiro atoms. The number of rotatable bonds is 4. The molecule has 0 fully saturated rings. The normalized spacial score (nSPS) is 10.2. The van der Waals surface area contributed by atoms with E-state index in [1.165, 1.54) is 11.5 Å². The molecule has 2 N–H and O–H groups in total. The van der Waals surface area contributed by atoms with Crippen molar-refractivity contribution in [1.82, 2.24) is 4.57 Å². The average Bonchev–Trinajstić information content (AvgIpc) is 2.72. The lowest BCUT2D eigenvalue weighted by Crippen LogP contribution is -2.25. The Morgan fingerprint density at radius 2 is 1.71 bits per heavy atom. The van der Waals surface area contributed by atoms with Crippen LogP contribution < -0.4 is 15.5 Å². The molecule has 110 valence electrons. The molecule has 1 aromatic carbocycles. The van der Waals surface area contributed by atoms with E-state index in [9.17, 15) is 14.4 Å². The molecular formula is C14H15N3O3S. The minimum absolute atomic E-state index is 0.0123. The molecule has 0 aliphatic rings. The number of carbonyl (C=O) groups excluding carboxylic acids is 2. The number of nitrogens with one attached hydrogen (secondary N) is 2. The van der Waals surface area contributed by atoms with Crippen molar-refractivity contribution >= 4 is 34.5 Å². The number of thiazole rings is 1. The molecule has 0 aliphatic carbocycles. The summed E-state index contributed by atoms with van der Waals surface area (Å²) >= 11 is 1.07. The van der Waals surface area contributed by atoms with Crippen molar-refractivity contribution in [3.05, 3.63) is 45.0 Å². The van der Waals surface area contributed by atoms with Crippen LogP contribution in [0.5, 0.6) is 0 Å². The second-order valence-corrected chi connectivity index (χ2v) is 5.36. The Kier molecular flexibility index (Phi) is 4.54. The van der Waals surface area contributed by atoms with Crippen LogP contribution in [0.25, 0.3) is 0 Å². The van der Waals surface area contributed by atoms with E-state index >= 15 is 0 Å². The van der Waals surface area contributed by atoms with Crippen LogP contribution in [-0.2, 0) is 16.1 Å². The third-order valence-corrected chi connectivity index (χ3v) is 3.65. The van der Waals surface area contributed by atoms with E-state index in [2.05, 4.69) is 10.6 Å². The minimum Gasteiger partial charge on any atom is -0.326 e. The van der Waals surface area contributed by atoms with E-state index in [0.29, 0.717) is 11.4 Å². The molecule has 1 heterocycles. The van der Waals surface area contributed by atoms with Gasteiger partial charge in [0.1, 0.15) is 6.54 Å². The SMILES string of the molecule is CC(=O)Nc1ccc(NC(=O)Cn2c(C)csc2=O)cc1. The second-order valence-electron chi connectivity index (χ2n) is 4.54. The summed E-state index contributed by atoms with van der Waals surface area (Å²) in [6, 6.07) is 6.76. The molecular weight excluding hydrogens is 290 g/mol. The van der Waals surface area contributed by atoms with Crippen LogP contribution in [-0.4, -0.2) is 16.4 Å². The zero-order valence-electron chi connectivity index (χ0n) is 11.7. The summed E-state index contributed by atoms with van der Waals surface area (Å²) in [7, 11) is 0. The Hall–Kier alpha value is -2.41. The van der Waals surface area contributed by atoms with E-state index in [4.69, 9.17) is 0 Å². The maximum Gasteiger partial charge on any atom is 0.307 e. The first kappa shape index (κ1) is 15.0. The zero-order chi connectivity index (χ0) is 15.4. The summed E-state index contributed by atoms with van der Waals surface area (Å²) in [5, 5.41) is 7.07. The van der Waals surface area contributed by atoms with E-state index in [1.54, 1.807) is 36.6 Å². The topological polar surface area (TPSA) is 80.2 Å². The first-order valence-electron chi connectivity index (χ1n) is 6.28. The number of hydrogen-bond donors (Lipinski definition) is 2. The number of aromatic nitrogens is 1. The van der Waals surface area contributed by atoms with Crippen molar-refractivity contribution in [2.75, 3.05) is 10.6 Å². The van der Waals surface area contributed by atoms with Crippen molar-refractivity contribution in [3.63, 3.8) is 0 Å². The number of carbonyl (C=O) groups is 2. The van der Waals surface area contributed by atoms with Crippen molar-refractivity contribution in [2.45, 2.75) is 20.4 Å². The van der Waals surface area contributed by atoms with Crippen LogP contribution in [0.2, 0.25) is 0 Å². The van der Waals surface area contributed by atoms with E-state index < -0.39 is 0 Å². The van der Waals surface area contributed by atoms with Gasteiger partial charge in [-0.15, -0.1) is 0 Å². The van der Waals surface area contributed by atoms with Crippen LogP contribution >= 0.6 is 11.3 Å². The fourth-order valence-electron chi connectivity index (χ4n) is 1.78. The molecule has 0 unspecified atom stereocenters. The summed E-state index contributed by atoms with van der Waals surface area (Å²) in [6.45, 7) is 3.20. The van der Waals surface area contributed by atoms with Crippen LogP contribution in [0.1, 0.15) is 12.6 Å². The minimum atomic E-state index is -0.272. The Bertz CT molecular complexity index is 716. The molecule has 0 radical (unpaired) electrons. The molecule has 21 heavy (non-hydrogen) atoms. The number of benzene rings is 1. The summed E-state index contributed by atoms with van der Waals surface area (Å²) in [4.78, 5) is 34.2. The molecule has 2 amide bonds. The van der Waals surface area contributed by atoms with Gasteiger partial charge < -0.3 is 10.6 Å². The highest BCUT2D eigenvalue weighted by Crippen LogP contribution is 2.13. The number of nitrogens with zero attached hydrogens (tertiary/aromatic N) is 1. The fraction of sp³-hybridized carbons (Fsp3) is 0.214. The summed E-state index contributed by atoms with van der Waals surface area (Å²) in [5.41, 5.74) is 2.03. The van der Waals surface area contributed by atoms with Gasteiger partial charge >= 0.3 is 4.87 Å². The Labute approximate surface area is 125 Å². The molecule has 1 aromatic heterocycles. The summed E-state index contributed by atoms with van der Waals surface area (Å²) in [6.07, 6.45) is 0. The molecule has 2 aromatic rings. The fourth-order valence-corrected chi connectivity index (χ4v) is 2.51. The molecule has 7 heteroatoms. The van der Waals surface area contributed by atoms with E-state index in [1.807, 2.05) is 0 Å². The van der Waals surface area contributed by atoms with Gasteiger partial charge in [-0.05, 0) is 31.2 Å². The smallest absolute Gasteiger partial charge is 0.307 e. The molecule has 6 nitrogen and oxygen atoms in total. The first-order valence-corrected chi connectivity index (χ1v) is 7.16. The monoisotopic (exact) mass is 305 g/mol. The zero-order valence-corrected chi connectivity index (χ0v) is 12.5. The number of aryl methyl sites for hydroxylation is 1. The van der Waals surface area contributed by atoms with Gasteiger partial charge in [-0.3, -0.25) is 19.0 Å². The van der Waals surface area contributed by atoms with Gasteiger partial charge in [0.2, 0.25) is 11.8 Å². The lowest BCUT2D eigenvalue weighted by atomic mass is 10.2. The lowest BCUT2D eigenvalue weighted by Gasteiger charge is -2.08. The highest BCUT2D eigenvalue weighted by Gasteiger charge is 2.08. The molecule has 2 rings (SSSR count). The first-order chi connectivity index (χ1) is 9.95. The third-order valence-electron chi connectivity index (χ3n) is 2.77. The van der Waals surface area contributed by atoms with Gasteiger partial charge in [-0.1, -0.05) is 11.3 Å². The highest BCUT2D eigenvalue weighted by atomic mass is 32.1. The Balaban J connectivity index is 2.00. The van der Waals surface area contributed by atoms with Crippen molar-refractivity contribution in [1.29, 1.82) is 0 Å². The van der Waals surface area contributed by atoms with Crippen molar-refractivity contribution < 1.29 is 9.59 Å². The molecule has 0 aliphatic heterocycles. The standard InChI is InChI=1S/C14H15N3O3S/c1-9-8-21-14(20)17(9)7-13(19)16-12-5-3-11(4-6-12)15-10(2)18/h3-6,8H,7H2,1-2H3,(H,15,18)(H,16,19). The number of amides is 2. The lowest BCUT2D eigenvalue weighted by molar-refractivity contribution is -0.117. The van der Waals surface area contributed by atoms with Gasteiger partial charge in [0.15, 0.2) is 0 Å². The Morgan fingerprint density at radius 3 is 2.19 bits per heavy atom. The largest absolute Gasteiger partial charge is 0.326 e. The second kappa shape index (κ2) is 6.36. The van der Waals surface area contributed by atoms with Crippen LogP contribution in [0.15, 0.2) is 34.4 Å². The number of anilines is 2. The predicted octanol–water partition coefficient (Wildman–Crippen LogP) is 1.82. The highest BCUT2D eigenvalue weighted by molar-refractivity contribution is 7.07. The number of hydrogen-bond acceptors (Lipinski definition) is 4. The van der Waals surface area contributed by atoms with Crippen LogP contribution in [0.3, 0.4) is 0 Å². The van der Waals surface area contributed by atoms with E-state index in [0.717, 1.165) is 17.0 Å². The maximum absolute atomic E-state index is 11.9. The van der Waals surface area contributed by atoms with Gasteiger partial charge in [0.25, 0.3) is 0 Å².